The Morgan fingerprint density at radius 1 is 1.50 bits per heavy atom. The lowest BCUT2D eigenvalue weighted by molar-refractivity contribution is -0.275. The molecule has 1 aromatic rings. The van der Waals surface area contributed by atoms with Gasteiger partial charge in [-0.1, -0.05) is 0 Å². The molecule has 0 fully saturated rings. The second kappa shape index (κ2) is 5.08. The number of aromatic nitrogens is 1. The van der Waals surface area contributed by atoms with Gasteiger partial charge in [-0.15, -0.1) is 13.2 Å². The standard InChI is InChI=1S/C9H10F3N3O3/c10-9(11,12)18-8-5(14)1-4(3-13)6(15-8)2-7(16)17/h1H,2-3,13-14H2,(H,16,17). The Morgan fingerprint density at radius 2 is 2.11 bits per heavy atom. The maximum Gasteiger partial charge on any atom is 0.574 e. The average Bonchev–Trinajstić information content (AvgIpc) is 2.19. The minimum atomic E-state index is -4.95. The summed E-state index contributed by atoms with van der Waals surface area (Å²) in [5, 5.41) is 8.60. The van der Waals surface area contributed by atoms with Crippen LogP contribution >= 0.6 is 0 Å². The zero-order valence-corrected chi connectivity index (χ0v) is 8.99. The van der Waals surface area contributed by atoms with Gasteiger partial charge in [-0.25, -0.2) is 4.98 Å². The van der Waals surface area contributed by atoms with Crippen LogP contribution in [-0.4, -0.2) is 22.4 Å². The van der Waals surface area contributed by atoms with Gasteiger partial charge in [-0.3, -0.25) is 4.79 Å². The van der Waals surface area contributed by atoms with Crippen LogP contribution in [0.5, 0.6) is 5.88 Å². The number of ether oxygens (including phenoxy) is 1. The van der Waals surface area contributed by atoms with Gasteiger partial charge in [-0.05, 0) is 11.6 Å². The van der Waals surface area contributed by atoms with E-state index in [9.17, 15) is 18.0 Å². The number of halogens is 3. The molecule has 0 atom stereocenters. The highest BCUT2D eigenvalue weighted by Crippen LogP contribution is 2.28. The molecule has 5 N–H and O–H groups in total. The van der Waals surface area contributed by atoms with Gasteiger partial charge >= 0.3 is 12.3 Å². The van der Waals surface area contributed by atoms with E-state index in [4.69, 9.17) is 16.6 Å². The van der Waals surface area contributed by atoms with E-state index in [0.29, 0.717) is 0 Å². The van der Waals surface area contributed by atoms with E-state index in [1.165, 1.54) is 0 Å². The van der Waals surface area contributed by atoms with Crippen molar-refractivity contribution in [3.63, 3.8) is 0 Å². The lowest BCUT2D eigenvalue weighted by atomic mass is 10.1. The summed E-state index contributed by atoms with van der Waals surface area (Å²) in [5.41, 5.74) is 10.4. The van der Waals surface area contributed by atoms with Gasteiger partial charge < -0.3 is 21.3 Å². The molecule has 0 aliphatic carbocycles. The first-order valence-electron chi connectivity index (χ1n) is 4.69. The second-order valence-electron chi connectivity index (χ2n) is 3.31. The van der Waals surface area contributed by atoms with Crippen LogP contribution in [0, 0.1) is 0 Å². The predicted octanol–water partition coefficient (Wildman–Crippen LogP) is 0.648. The third-order valence-corrected chi connectivity index (χ3v) is 1.93. The summed E-state index contributed by atoms with van der Waals surface area (Å²) in [6, 6.07) is 1.12. The van der Waals surface area contributed by atoms with Gasteiger partial charge in [0.25, 0.3) is 0 Å². The van der Waals surface area contributed by atoms with Crippen molar-refractivity contribution in [1.82, 2.24) is 4.98 Å². The molecule has 0 aliphatic rings. The number of carbonyl (C=O) groups is 1. The molecule has 0 unspecified atom stereocenters. The maximum absolute atomic E-state index is 12.0. The molecule has 1 rings (SSSR count). The van der Waals surface area contributed by atoms with Crippen molar-refractivity contribution in [2.75, 3.05) is 5.73 Å². The first-order valence-corrected chi connectivity index (χ1v) is 4.69. The van der Waals surface area contributed by atoms with Crippen molar-refractivity contribution in [1.29, 1.82) is 0 Å². The van der Waals surface area contributed by atoms with Crippen LogP contribution in [-0.2, 0) is 17.8 Å². The Morgan fingerprint density at radius 3 is 2.56 bits per heavy atom. The Hall–Kier alpha value is -2.03. The predicted molar refractivity (Wildman–Crippen MR) is 54.6 cm³/mol. The maximum atomic E-state index is 12.0. The van der Waals surface area contributed by atoms with Gasteiger partial charge in [0.1, 0.15) is 0 Å². The monoisotopic (exact) mass is 265 g/mol. The quantitative estimate of drug-likeness (QED) is 0.736. The third kappa shape index (κ3) is 3.77. The van der Waals surface area contributed by atoms with Crippen molar-refractivity contribution in [2.24, 2.45) is 5.73 Å². The number of hydrogen-bond donors (Lipinski definition) is 3. The number of nitrogens with two attached hydrogens (primary N) is 2. The van der Waals surface area contributed by atoms with Gasteiger partial charge in [0.15, 0.2) is 0 Å². The number of nitrogen functional groups attached to an aromatic ring is 1. The van der Waals surface area contributed by atoms with E-state index in [-0.39, 0.29) is 23.5 Å². The SMILES string of the molecule is NCc1cc(N)c(OC(F)(F)F)nc1CC(=O)O. The second-order valence-corrected chi connectivity index (χ2v) is 3.31. The molecule has 18 heavy (non-hydrogen) atoms. The highest BCUT2D eigenvalue weighted by molar-refractivity contribution is 5.70. The summed E-state index contributed by atoms with van der Waals surface area (Å²) >= 11 is 0. The molecule has 6 nitrogen and oxygen atoms in total. The number of carboxylic acids is 1. The van der Waals surface area contributed by atoms with E-state index < -0.39 is 24.6 Å². The number of rotatable bonds is 4. The van der Waals surface area contributed by atoms with Gasteiger partial charge in [0, 0.05) is 6.54 Å². The molecule has 0 spiro atoms. The fourth-order valence-corrected chi connectivity index (χ4v) is 1.26. The summed E-state index contributed by atoms with van der Waals surface area (Å²) in [6.45, 7) is -0.0912. The van der Waals surface area contributed by atoms with Crippen molar-refractivity contribution >= 4 is 11.7 Å². The van der Waals surface area contributed by atoms with Crippen LogP contribution in [0.1, 0.15) is 11.3 Å². The fraction of sp³-hybridized carbons (Fsp3) is 0.333. The Labute approximate surface area is 99.4 Å². The number of pyridine rings is 1. The highest BCUT2D eigenvalue weighted by Gasteiger charge is 2.33. The number of nitrogens with zero attached hydrogens (tertiary/aromatic N) is 1. The van der Waals surface area contributed by atoms with Crippen LogP contribution in [0.2, 0.25) is 0 Å². The number of carboxylic acid groups (broad SMARTS) is 1. The Bertz CT molecular complexity index is 462. The molecule has 1 aromatic heterocycles. The van der Waals surface area contributed by atoms with Crippen LogP contribution < -0.4 is 16.2 Å². The zero-order valence-electron chi connectivity index (χ0n) is 8.99. The lowest BCUT2D eigenvalue weighted by Crippen LogP contribution is -2.20. The molecule has 0 saturated heterocycles. The van der Waals surface area contributed by atoms with Crippen LogP contribution in [0.15, 0.2) is 6.07 Å². The van der Waals surface area contributed by atoms with E-state index >= 15 is 0 Å². The van der Waals surface area contributed by atoms with Gasteiger partial charge in [0.05, 0.1) is 17.8 Å². The summed E-state index contributed by atoms with van der Waals surface area (Å²) in [5.74, 6) is -2.13. The molecule has 0 bridgehead atoms. The van der Waals surface area contributed by atoms with Gasteiger partial charge in [-0.2, -0.15) is 0 Å². The van der Waals surface area contributed by atoms with E-state index in [0.717, 1.165) is 6.07 Å². The first kappa shape index (κ1) is 14.0. The van der Waals surface area contributed by atoms with Crippen molar-refractivity contribution in [2.45, 2.75) is 19.3 Å². The molecule has 1 heterocycles. The molecule has 0 aromatic carbocycles. The topological polar surface area (TPSA) is 111 Å². The number of aliphatic carboxylic acids is 1. The fourth-order valence-electron chi connectivity index (χ4n) is 1.26. The van der Waals surface area contributed by atoms with Crippen LogP contribution in [0.25, 0.3) is 0 Å². The van der Waals surface area contributed by atoms with Crippen molar-refractivity contribution < 1.29 is 27.8 Å². The summed E-state index contributed by atoms with van der Waals surface area (Å²) < 4.78 is 39.7. The summed E-state index contributed by atoms with van der Waals surface area (Å²) in [4.78, 5) is 14.0. The number of hydrogen-bond acceptors (Lipinski definition) is 5. The minimum absolute atomic E-state index is 0.0912. The molecule has 9 heteroatoms. The molecular weight excluding hydrogens is 255 g/mol. The number of anilines is 1. The highest BCUT2D eigenvalue weighted by atomic mass is 19.4. The average molecular weight is 265 g/mol. The smallest absolute Gasteiger partial charge is 0.481 e. The van der Waals surface area contributed by atoms with E-state index in [2.05, 4.69) is 9.72 Å². The van der Waals surface area contributed by atoms with Crippen molar-refractivity contribution in [3.8, 4) is 5.88 Å². The van der Waals surface area contributed by atoms with E-state index in [1.54, 1.807) is 0 Å². The Balaban J connectivity index is 3.16. The molecule has 0 saturated carbocycles. The molecule has 0 radical (unpaired) electrons. The molecule has 0 aliphatic heterocycles. The third-order valence-electron chi connectivity index (χ3n) is 1.93. The normalized spacial score (nSPS) is 11.3. The molecular formula is C9H10F3N3O3. The minimum Gasteiger partial charge on any atom is -0.481 e. The van der Waals surface area contributed by atoms with Crippen molar-refractivity contribution in [3.05, 3.63) is 17.3 Å². The lowest BCUT2D eigenvalue weighted by Gasteiger charge is -2.13. The Kier molecular flexibility index (Phi) is 3.96. The number of alkyl halides is 3. The summed E-state index contributed by atoms with van der Waals surface area (Å²) in [6.07, 6.45) is -5.52. The molecule has 100 valence electrons. The van der Waals surface area contributed by atoms with Crippen LogP contribution in [0.4, 0.5) is 18.9 Å². The summed E-state index contributed by atoms with van der Waals surface area (Å²) in [7, 11) is 0. The van der Waals surface area contributed by atoms with Crippen LogP contribution in [0.3, 0.4) is 0 Å². The zero-order chi connectivity index (χ0) is 13.9. The van der Waals surface area contributed by atoms with Gasteiger partial charge in [0.2, 0.25) is 5.88 Å². The first-order chi connectivity index (χ1) is 8.23. The largest absolute Gasteiger partial charge is 0.574 e. The van der Waals surface area contributed by atoms with E-state index in [1.807, 2.05) is 0 Å². The molecule has 0 amide bonds.